The van der Waals surface area contributed by atoms with Gasteiger partial charge < -0.3 is 9.08 Å². The van der Waals surface area contributed by atoms with E-state index in [2.05, 4.69) is 14.9 Å². The molecule has 0 aliphatic rings. The quantitative estimate of drug-likeness (QED) is 0.336. The van der Waals surface area contributed by atoms with E-state index in [0.29, 0.717) is 27.8 Å². The molecule has 4 aromatic rings. The zero-order chi connectivity index (χ0) is 26.3. The second kappa shape index (κ2) is 9.89. The molecule has 2 aromatic heterocycles. The van der Waals surface area contributed by atoms with Crippen LogP contribution in [0.4, 0.5) is 8.78 Å². The van der Waals surface area contributed by atoms with Gasteiger partial charge in [0, 0.05) is 29.6 Å². The molecule has 0 aliphatic heterocycles. The Morgan fingerprint density at radius 1 is 1.11 bits per heavy atom. The van der Waals surface area contributed by atoms with Gasteiger partial charge in [-0.25, -0.2) is 22.2 Å². The van der Waals surface area contributed by atoms with E-state index < -0.39 is 43.6 Å². The van der Waals surface area contributed by atoms with E-state index >= 15 is 0 Å². The van der Waals surface area contributed by atoms with Crippen LogP contribution in [0.15, 0.2) is 64.1 Å². The lowest BCUT2D eigenvalue weighted by Gasteiger charge is -2.29. The molecule has 4 rings (SSSR count). The molecule has 36 heavy (non-hydrogen) atoms. The third-order valence-corrected chi connectivity index (χ3v) is 8.10. The summed E-state index contributed by atoms with van der Waals surface area (Å²) in [4.78, 5) is 4.05. The van der Waals surface area contributed by atoms with E-state index in [9.17, 15) is 21.8 Å². The Morgan fingerprint density at radius 2 is 1.83 bits per heavy atom. The Bertz CT molecular complexity index is 1520. The highest BCUT2D eigenvalue weighted by molar-refractivity contribution is 7.91. The first-order valence-electron chi connectivity index (χ1n) is 11.0. The Hall–Kier alpha value is -2.86. The van der Waals surface area contributed by atoms with Crippen LogP contribution in [-0.4, -0.2) is 34.1 Å². The van der Waals surface area contributed by atoms with Crippen molar-refractivity contribution in [3.63, 3.8) is 0 Å². The minimum atomic E-state index is -3.68. The van der Waals surface area contributed by atoms with Crippen molar-refractivity contribution in [1.29, 1.82) is 0 Å². The van der Waals surface area contributed by atoms with Gasteiger partial charge in [-0.1, -0.05) is 29.4 Å². The maximum absolute atomic E-state index is 14.8. The van der Waals surface area contributed by atoms with E-state index in [4.69, 9.17) is 4.52 Å². The lowest BCUT2D eigenvalue weighted by atomic mass is 9.94. The van der Waals surface area contributed by atoms with Crippen LogP contribution in [0.25, 0.3) is 22.2 Å². The maximum Gasteiger partial charge on any atom is 0.192 e. The minimum Gasteiger partial charge on any atom is -0.598 e. The fourth-order valence-electron chi connectivity index (χ4n) is 3.65. The van der Waals surface area contributed by atoms with Crippen LogP contribution < -0.4 is 4.72 Å². The monoisotopic (exact) mass is 533 g/mol. The number of hydrogen-bond donors (Lipinski definition) is 1. The lowest BCUT2D eigenvalue weighted by Crippen LogP contribution is -2.42. The largest absolute Gasteiger partial charge is 0.598 e. The van der Waals surface area contributed by atoms with Crippen molar-refractivity contribution in [3.8, 4) is 11.3 Å². The van der Waals surface area contributed by atoms with Gasteiger partial charge in [-0.3, -0.25) is 0 Å². The fourth-order valence-corrected chi connectivity index (χ4v) is 5.06. The van der Waals surface area contributed by atoms with Gasteiger partial charge in [-0.15, -0.1) is 4.72 Å². The molecular weight excluding hydrogens is 508 g/mol. The van der Waals surface area contributed by atoms with Gasteiger partial charge >= 0.3 is 0 Å². The predicted molar refractivity (Wildman–Crippen MR) is 134 cm³/mol. The molecule has 0 radical (unpaired) electrons. The molecule has 0 spiro atoms. The van der Waals surface area contributed by atoms with Crippen molar-refractivity contribution in [2.24, 2.45) is 0 Å². The summed E-state index contributed by atoms with van der Waals surface area (Å²) in [6.45, 7) is 5.36. The third kappa shape index (κ3) is 5.59. The highest BCUT2D eigenvalue weighted by Crippen LogP contribution is 2.35. The van der Waals surface area contributed by atoms with Crippen molar-refractivity contribution in [3.05, 3.63) is 77.5 Å². The van der Waals surface area contributed by atoms with Crippen molar-refractivity contribution in [2.45, 2.75) is 43.0 Å². The van der Waals surface area contributed by atoms with Crippen LogP contribution in [-0.2, 0) is 27.6 Å². The molecule has 0 aliphatic carbocycles. The smallest absolute Gasteiger partial charge is 0.192 e. The van der Waals surface area contributed by atoms with Gasteiger partial charge in [-0.2, -0.15) is 0 Å². The molecule has 2 heterocycles. The van der Waals surface area contributed by atoms with Crippen LogP contribution >= 0.6 is 0 Å². The van der Waals surface area contributed by atoms with Gasteiger partial charge in [0.1, 0.15) is 22.1 Å². The Labute approximate surface area is 211 Å². The predicted octanol–water partition coefficient (Wildman–Crippen LogP) is 4.91. The molecule has 0 fully saturated rings. The second-order valence-corrected chi connectivity index (χ2v) is 13.3. The number of benzene rings is 2. The summed E-state index contributed by atoms with van der Waals surface area (Å²) >= 11 is -1.58. The van der Waals surface area contributed by atoms with E-state index in [-0.39, 0.29) is 17.1 Å². The lowest BCUT2D eigenvalue weighted by molar-refractivity contribution is 0.459. The zero-order valence-electron chi connectivity index (χ0n) is 20.1. The first-order chi connectivity index (χ1) is 16.8. The van der Waals surface area contributed by atoms with E-state index in [1.807, 2.05) is 0 Å². The topological polar surface area (TPSA) is 108 Å². The minimum absolute atomic E-state index is 0.104. The Kier molecular flexibility index (Phi) is 7.20. The standard InChI is InChI=1S/C25H25F2N3O4S2/c1-25(2,3)35(31)30-20(14-21-19(27)10-12-23(28-21)36(4,32)33)16-7-5-6-8-17(16)24-18-13-15(26)9-11-22(18)34-29-24/h5-13,20,30H,14H2,1-4H3/t20?,35-/m0/s1. The summed E-state index contributed by atoms with van der Waals surface area (Å²) in [7, 11) is -3.68. The molecule has 1 N–H and O–H groups in total. The molecular formula is C25H25F2N3O4S2. The number of fused-ring (bicyclic) bond motifs is 1. The van der Waals surface area contributed by atoms with Gasteiger partial charge in [0.05, 0.1) is 17.1 Å². The maximum atomic E-state index is 14.8. The number of nitrogens with zero attached hydrogens (tertiary/aromatic N) is 2. The van der Waals surface area contributed by atoms with E-state index in [1.165, 1.54) is 18.2 Å². The summed E-state index contributed by atoms with van der Waals surface area (Å²) in [6, 6.07) is 12.5. The van der Waals surface area contributed by atoms with Crippen molar-refractivity contribution < 1.29 is 26.3 Å². The molecule has 0 saturated carbocycles. The summed E-state index contributed by atoms with van der Waals surface area (Å²) in [6.07, 6.45) is 0.879. The molecule has 0 bridgehead atoms. The number of sulfone groups is 1. The molecule has 0 amide bonds. The average molecular weight is 534 g/mol. The van der Waals surface area contributed by atoms with Crippen LogP contribution in [0.2, 0.25) is 0 Å². The van der Waals surface area contributed by atoms with Gasteiger partial charge in [0.15, 0.2) is 20.4 Å². The SMILES string of the molecule is CC(C)(C)[S@+]([O-])NC(Cc1nc(S(C)(=O)=O)ccc1F)c1ccccc1-c1noc2ccc(F)cc12. The van der Waals surface area contributed by atoms with Gasteiger partial charge in [-0.05, 0) is 56.7 Å². The Morgan fingerprint density at radius 3 is 2.53 bits per heavy atom. The number of aromatic nitrogens is 2. The number of pyridine rings is 1. The Balaban J connectivity index is 1.85. The molecule has 2 atom stereocenters. The molecule has 1 unspecified atom stereocenters. The number of hydrogen-bond acceptors (Lipinski definition) is 7. The van der Waals surface area contributed by atoms with Crippen molar-refractivity contribution in [1.82, 2.24) is 14.9 Å². The number of rotatable bonds is 7. The van der Waals surface area contributed by atoms with Crippen LogP contribution in [0.5, 0.6) is 0 Å². The summed E-state index contributed by atoms with van der Waals surface area (Å²) in [5, 5.41) is 4.32. The second-order valence-electron chi connectivity index (χ2n) is 9.36. The summed E-state index contributed by atoms with van der Waals surface area (Å²) in [5.41, 5.74) is 1.79. The van der Waals surface area contributed by atoms with Crippen LogP contribution in [0.3, 0.4) is 0 Å². The van der Waals surface area contributed by atoms with Gasteiger partial charge in [0.2, 0.25) is 0 Å². The van der Waals surface area contributed by atoms with Crippen LogP contribution in [0, 0.1) is 11.6 Å². The highest BCUT2D eigenvalue weighted by Gasteiger charge is 2.32. The normalized spacial score (nSPS) is 14.2. The zero-order valence-corrected chi connectivity index (χ0v) is 21.7. The molecule has 7 nitrogen and oxygen atoms in total. The van der Waals surface area contributed by atoms with Crippen molar-refractivity contribution >= 4 is 32.2 Å². The average Bonchev–Trinajstić information content (AvgIpc) is 3.21. The summed E-state index contributed by atoms with van der Waals surface area (Å²) in [5.74, 6) is -1.15. The van der Waals surface area contributed by atoms with Gasteiger partial charge in [0.25, 0.3) is 0 Å². The number of halogens is 2. The summed E-state index contributed by atoms with van der Waals surface area (Å²) < 4.78 is 73.8. The fraction of sp³-hybridized carbons (Fsp3) is 0.280. The molecule has 2 aromatic carbocycles. The molecule has 0 saturated heterocycles. The van der Waals surface area contributed by atoms with Crippen molar-refractivity contribution in [2.75, 3.05) is 6.26 Å². The number of nitrogens with one attached hydrogen (secondary N) is 1. The third-order valence-electron chi connectivity index (χ3n) is 5.50. The molecule has 11 heteroatoms. The first kappa shape index (κ1) is 26.2. The van der Waals surface area contributed by atoms with Crippen LogP contribution in [0.1, 0.15) is 38.1 Å². The molecule has 190 valence electrons. The van der Waals surface area contributed by atoms with E-state index in [1.54, 1.807) is 45.0 Å². The highest BCUT2D eigenvalue weighted by atomic mass is 32.2. The first-order valence-corrected chi connectivity index (χ1v) is 14.1. The van der Waals surface area contributed by atoms with E-state index in [0.717, 1.165) is 18.4 Å².